The molecule has 5 heteroatoms. The fourth-order valence-electron chi connectivity index (χ4n) is 1.88. The molecule has 4 nitrogen and oxygen atoms in total. The lowest BCUT2D eigenvalue weighted by Gasteiger charge is -2.20. The van der Waals surface area contributed by atoms with Gasteiger partial charge in [-0.3, -0.25) is 0 Å². The molecule has 1 atom stereocenters. The zero-order valence-corrected chi connectivity index (χ0v) is 10.5. The van der Waals surface area contributed by atoms with Crippen molar-refractivity contribution in [2.24, 2.45) is 0 Å². The van der Waals surface area contributed by atoms with Crippen LogP contribution >= 0.6 is 11.8 Å². The minimum atomic E-state index is 0.375. The summed E-state index contributed by atoms with van der Waals surface area (Å²) in [5, 5.41) is 0.426. The SMILES string of the molecule is CCCc1nc(N)nc(C2CCCCS2)n1. The van der Waals surface area contributed by atoms with Gasteiger partial charge in [-0.1, -0.05) is 13.3 Å². The molecule has 0 amide bonds. The van der Waals surface area contributed by atoms with Gasteiger partial charge in [-0.25, -0.2) is 4.98 Å². The lowest BCUT2D eigenvalue weighted by Crippen LogP contribution is -2.12. The van der Waals surface area contributed by atoms with Gasteiger partial charge in [-0.15, -0.1) is 0 Å². The number of nitrogens with zero attached hydrogens (tertiary/aromatic N) is 3. The third-order valence-corrected chi connectivity index (χ3v) is 4.03. The van der Waals surface area contributed by atoms with Crippen molar-refractivity contribution in [2.75, 3.05) is 11.5 Å². The quantitative estimate of drug-likeness (QED) is 0.875. The Bertz CT molecular complexity index is 350. The summed E-state index contributed by atoms with van der Waals surface area (Å²) in [4.78, 5) is 13.0. The first-order valence-corrected chi connectivity index (χ1v) is 6.96. The van der Waals surface area contributed by atoms with Crippen molar-refractivity contribution in [3.05, 3.63) is 11.6 Å². The highest BCUT2D eigenvalue weighted by Gasteiger charge is 2.19. The Labute approximate surface area is 100 Å². The first-order chi connectivity index (χ1) is 7.79. The van der Waals surface area contributed by atoms with E-state index in [2.05, 4.69) is 21.9 Å². The summed E-state index contributed by atoms with van der Waals surface area (Å²) >= 11 is 1.94. The topological polar surface area (TPSA) is 64.7 Å². The van der Waals surface area contributed by atoms with E-state index in [4.69, 9.17) is 5.73 Å². The van der Waals surface area contributed by atoms with E-state index in [1.165, 1.54) is 25.0 Å². The van der Waals surface area contributed by atoms with Crippen molar-refractivity contribution in [3.8, 4) is 0 Å². The van der Waals surface area contributed by atoms with Crippen molar-refractivity contribution in [1.82, 2.24) is 15.0 Å². The van der Waals surface area contributed by atoms with Gasteiger partial charge in [0.25, 0.3) is 0 Å². The zero-order valence-electron chi connectivity index (χ0n) is 9.65. The number of hydrogen-bond donors (Lipinski definition) is 1. The lowest BCUT2D eigenvalue weighted by atomic mass is 10.2. The molecule has 1 aromatic heterocycles. The molecular formula is C11H18N4S. The van der Waals surface area contributed by atoms with E-state index in [9.17, 15) is 0 Å². The molecule has 2 rings (SSSR count). The van der Waals surface area contributed by atoms with Crippen LogP contribution in [0.1, 0.15) is 49.5 Å². The maximum Gasteiger partial charge on any atom is 0.223 e. The predicted molar refractivity (Wildman–Crippen MR) is 67.3 cm³/mol. The summed E-state index contributed by atoms with van der Waals surface area (Å²) in [6, 6.07) is 0. The van der Waals surface area contributed by atoms with Crippen molar-refractivity contribution in [3.63, 3.8) is 0 Å². The number of nitrogens with two attached hydrogens (primary N) is 1. The largest absolute Gasteiger partial charge is 0.368 e. The van der Waals surface area contributed by atoms with Gasteiger partial charge in [0, 0.05) is 6.42 Å². The van der Waals surface area contributed by atoms with E-state index in [1.807, 2.05) is 11.8 Å². The molecule has 0 spiro atoms. The smallest absolute Gasteiger partial charge is 0.223 e. The van der Waals surface area contributed by atoms with Crippen LogP contribution in [0.15, 0.2) is 0 Å². The monoisotopic (exact) mass is 238 g/mol. The number of thioether (sulfide) groups is 1. The molecule has 88 valence electrons. The Morgan fingerprint density at radius 1 is 1.31 bits per heavy atom. The molecule has 1 aromatic rings. The molecule has 0 aliphatic carbocycles. The van der Waals surface area contributed by atoms with E-state index in [0.717, 1.165) is 24.5 Å². The van der Waals surface area contributed by atoms with E-state index >= 15 is 0 Å². The van der Waals surface area contributed by atoms with Crippen LogP contribution in [0, 0.1) is 0 Å². The second kappa shape index (κ2) is 5.48. The molecule has 1 saturated heterocycles. The summed E-state index contributed by atoms with van der Waals surface area (Å²) in [5.74, 6) is 3.32. The maximum absolute atomic E-state index is 5.72. The highest BCUT2D eigenvalue weighted by atomic mass is 32.2. The molecule has 2 N–H and O–H groups in total. The molecule has 2 heterocycles. The van der Waals surface area contributed by atoms with Crippen molar-refractivity contribution < 1.29 is 0 Å². The van der Waals surface area contributed by atoms with E-state index in [0.29, 0.717) is 11.2 Å². The maximum atomic E-state index is 5.72. The molecule has 0 radical (unpaired) electrons. The second-order valence-electron chi connectivity index (χ2n) is 4.07. The average molecular weight is 238 g/mol. The summed E-state index contributed by atoms with van der Waals surface area (Å²) in [7, 11) is 0. The molecule has 16 heavy (non-hydrogen) atoms. The van der Waals surface area contributed by atoms with Crippen LogP contribution in [-0.4, -0.2) is 20.7 Å². The molecule has 1 fully saturated rings. The highest BCUT2D eigenvalue weighted by molar-refractivity contribution is 7.99. The number of aromatic nitrogens is 3. The minimum Gasteiger partial charge on any atom is -0.368 e. The van der Waals surface area contributed by atoms with Gasteiger partial charge >= 0.3 is 0 Å². The zero-order chi connectivity index (χ0) is 11.4. The molecule has 0 saturated carbocycles. The van der Waals surface area contributed by atoms with Gasteiger partial charge < -0.3 is 5.73 Å². The Kier molecular flexibility index (Phi) is 3.98. The molecular weight excluding hydrogens is 220 g/mol. The standard InChI is InChI=1S/C11H18N4S/c1-2-5-9-13-10(15-11(12)14-9)8-6-3-4-7-16-8/h8H,2-7H2,1H3,(H2,12,13,14,15). The number of hydrogen-bond acceptors (Lipinski definition) is 5. The Hall–Kier alpha value is -0.840. The molecule has 1 aliphatic rings. The Balaban J connectivity index is 2.18. The van der Waals surface area contributed by atoms with Crippen LogP contribution in [0.4, 0.5) is 5.95 Å². The van der Waals surface area contributed by atoms with Gasteiger partial charge in [0.1, 0.15) is 11.6 Å². The number of aryl methyl sites for hydroxylation is 1. The normalized spacial score (nSPS) is 20.9. The molecule has 0 aromatic carbocycles. The van der Waals surface area contributed by atoms with Gasteiger partial charge in [0.2, 0.25) is 5.95 Å². The van der Waals surface area contributed by atoms with Gasteiger partial charge in [0.05, 0.1) is 5.25 Å². The fourth-order valence-corrected chi connectivity index (χ4v) is 3.12. The third-order valence-electron chi connectivity index (χ3n) is 2.66. The number of anilines is 1. The van der Waals surface area contributed by atoms with E-state index in [-0.39, 0.29) is 0 Å². The van der Waals surface area contributed by atoms with Crippen LogP contribution in [0.5, 0.6) is 0 Å². The Morgan fingerprint density at radius 2 is 2.19 bits per heavy atom. The van der Waals surface area contributed by atoms with Gasteiger partial charge in [0.15, 0.2) is 0 Å². The number of rotatable bonds is 3. The molecule has 0 bridgehead atoms. The minimum absolute atomic E-state index is 0.375. The average Bonchev–Trinajstić information content (AvgIpc) is 2.30. The Morgan fingerprint density at radius 3 is 2.88 bits per heavy atom. The molecule has 1 unspecified atom stereocenters. The van der Waals surface area contributed by atoms with Crippen LogP contribution in [0.2, 0.25) is 0 Å². The van der Waals surface area contributed by atoms with E-state index in [1.54, 1.807) is 0 Å². The first-order valence-electron chi connectivity index (χ1n) is 5.91. The summed E-state index contributed by atoms with van der Waals surface area (Å²) < 4.78 is 0. The first kappa shape index (κ1) is 11.6. The van der Waals surface area contributed by atoms with Crippen LogP contribution < -0.4 is 5.73 Å². The summed E-state index contributed by atoms with van der Waals surface area (Å²) in [6.07, 6.45) is 5.67. The summed E-state index contributed by atoms with van der Waals surface area (Å²) in [6.45, 7) is 2.12. The summed E-state index contributed by atoms with van der Waals surface area (Å²) in [5.41, 5.74) is 5.72. The van der Waals surface area contributed by atoms with E-state index < -0.39 is 0 Å². The van der Waals surface area contributed by atoms with Crippen LogP contribution in [0.3, 0.4) is 0 Å². The van der Waals surface area contributed by atoms with Crippen molar-refractivity contribution >= 4 is 17.7 Å². The van der Waals surface area contributed by atoms with Crippen LogP contribution in [-0.2, 0) is 6.42 Å². The highest BCUT2D eigenvalue weighted by Crippen LogP contribution is 2.36. The predicted octanol–water partition coefficient (Wildman–Crippen LogP) is 2.36. The van der Waals surface area contributed by atoms with Gasteiger partial charge in [-0.05, 0) is 25.0 Å². The molecule has 1 aliphatic heterocycles. The fraction of sp³-hybridized carbons (Fsp3) is 0.727. The third kappa shape index (κ3) is 2.84. The number of nitrogen functional groups attached to an aromatic ring is 1. The van der Waals surface area contributed by atoms with Crippen molar-refractivity contribution in [2.45, 2.75) is 44.3 Å². The van der Waals surface area contributed by atoms with Crippen LogP contribution in [0.25, 0.3) is 0 Å². The second-order valence-corrected chi connectivity index (χ2v) is 5.38. The lowest BCUT2D eigenvalue weighted by molar-refractivity contribution is 0.652. The van der Waals surface area contributed by atoms with Crippen molar-refractivity contribution in [1.29, 1.82) is 0 Å². The van der Waals surface area contributed by atoms with Gasteiger partial charge in [-0.2, -0.15) is 21.7 Å².